The van der Waals surface area contributed by atoms with E-state index in [1.54, 1.807) is 22.9 Å². The van der Waals surface area contributed by atoms with Crippen LogP contribution in [0.25, 0.3) is 0 Å². The molecule has 0 amide bonds. The molecule has 0 unspecified atom stereocenters. The number of sulfonamides is 1. The van der Waals surface area contributed by atoms with Crippen molar-refractivity contribution in [2.24, 2.45) is 0 Å². The zero-order valence-corrected chi connectivity index (χ0v) is 17.3. The van der Waals surface area contributed by atoms with E-state index in [9.17, 15) is 8.42 Å². The summed E-state index contributed by atoms with van der Waals surface area (Å²) in [6, 6.07) is 17.0. The number of aromatic nitrogens is 4. The van der Waals surface area contributed by atoms with E-state index in [-0.39, 0.29) is 0 Å². The van der Waals surface area contributed by atoms with Gasteiger partial charge in [-0.2, -0.15) is 4.31 Å². The van der Waals surface area contributed by atoms with Crippen molar-refractivity contribution in [3.05, 3.63) is 65.7 Å². The Balaban J connectivity index is 1.45. The summed E-state index contributed by atoms with van der Waals surface area (Å²) in [7, 11) is -3.51. The number of ether oxygens (including phenoxy) is 1. The molecule has 0 radical (unpaired) electrons. The molecule has 0 aliphatic carbocycles. The van der Waals surface area contributed by atoms with Crippen molar-refractivity contribution in [3.8, 4) is 0 Å². The summed E-state index contributed by atoms with van der Waals surface area (Å²) in [5.74, 6) is 0.571. The van der Waals surface area contributed by atoms with Gasteiger partial charge in [-0.25, -0.2) is 13.1 Å². The molecule has 0 spiro atoms. The van der Waals surface area contributed by atoms with Crippen molar-refractivity contribution in [3.63, 3.8) is 0 Å². The standard InChI is InChI=1S/C19H21N5O3S2/c25-29(26,23-9-11-27-12-10-23)18-8-4-7-17(13-18)15-28-19-20-21-22-24(19)14-16-5-2-1-3-6-16/h1-8,13H,9-12,14-15H2. The second kappa shape index (κ2) is 9.04. The molecule has 1 aromatic heterocycles. The quantitative estimate of drug-likeness (QED) is 0.529. The van der Waals surface area contributed by atoms with Crippen LogP contribution < -0.4 is 0 Å². The van der Waals surface area contributed by atoms with E-state index in [1.165, 1.54) is 16.1 Å². The minimum absolute atomic E-state index is 0.307. The van der Waals surface area contributed by atoms with Gasteiger partial charge < -0.3 is 4.74 Å². The van der Waals surface area contributed by atoms with Crippen LogP contribution in [0.3, 0.4) is 0 Å². The average Bonchev–Trinajstić information content (AvgIpc) is 3.21. The largest absolute Gasteiger partial charge is 0.379 e. The Morgan fingerprint density at radius 1 is 1.00 bits per heavy atom. The first-order valence-electron chi connectivity index (χ1n) is 9.23. The Hall–Kier alpha value is -2.27. The van der Waals surface area contributed by atoms with E-state index in [1.807, 2.05) is 36.4 Å². The molecule has 152 valence electrons. The lowest BCUT2D eigenvalue weighted by Gasteiger charge is -2.26. The number of hydrogen-bond donors (Lipinski definition) is 0. The number of rotatable bonds is 7. The van der Waals surface area contributed by atoms with Crippen molar-refractivity contribution in [1.82, 2.24) is 24.5 Å². The summed E-state index contributed by atoms with van der Waals surface area (Å²) < 4.78 is 34.2. The van der Waals surface area contributed by atoms with E-state index in [0.717, 1.165) is 11.1 Å². The summed E-state index contributed by atoms with van der Waals surface area (Å²) in [5, 5.41) is 12.6. The monoisotopic (exact) mass is 431 g/mol. The third-order valence-corrected chi connectivity index (χ3v) is 7.47. The highest BCUT2D eigenvalue weighted by molar-refractivity contribution is 7.98. The Labute approximate surface area is 173 Å². The van der Waals surface area contributed by atoms with Crippen LogP contribution in [0.1, 0.15) is 11.1 Å². The van der Waals surface area contributed by atoms with E-state index in [2.05, 4.69) is 15.5 Å². The maximum absolute atomic E-state index is 12.9. The highest BCUT2D eigenvalue weighted by Gasteiger charge is 2.26. The number of morpholine rings is 1. The first kappa shape index (κ1) is 20.0. The number of benzene rings is 2. The molecule has 2 heterocycles. The first-order valence-corrected chi connectivity index (χ1v) is 11.7. The molecule has 1 saturated heterocycles. The van der Waals surface area contributed by atoms with Gasteiger partial charge in [-0.15, -0.1) is 5.10 Å². The lowest BCUT2D eigenvalue weighted by Crippen LogP contribution is -2.40. The van der Waals surface area contributed by atoms with E-state index in [4.69, 9.17) is 4.74 Å². The maximum Gasteiger partial charge on any atom is 0.243 e. The Morgan fingerprint density at radius 2 is 1.76 bits per heavy atom. The van der Waals surface area contributed by atoms with Gasteiger partial charge in [0, 0.05) is 18.8 Å². The smallest absolute Gasteiger partial charge is 0.243 e. The molecule has 29 heavy (non-hydrogen) atoms. The second-order valence-electron chi connectivity index (χ2n) is 6.56. The van der Waals surface area contributed by atoms with Crippen LogP contribution in [0, 0.1) is 0 Å². The highest BCUT2D eigenvalue weighted by Crippen LogP contribution is 2.24. The fraction of sp³-hybridized carbons (Fsp3) is 0.316. The summed E-state index contributed by atoms with van der Waals surface area (Å²) >= 11 is 1.48. The predicted octanol–water partition coefficient (Wildman–Crippen LogP) is 2.03. The predicted molar refractivity (Wildman–Crippen MR) is 109 cm³/mol. The molecule has 0 saturated carbocycles. The van der Waals surface area contributed by atoms with Crippen LogP contribution in [-0.4, -0.2) is 59.2 Å². The maximum atomic E-state index is 12.9. The Kier molecular flexibility index (Phi) is 6.24. The van der Waals surface area contributed by atoms with Crippen LogP contribution in [-0.2, 0) is 27.1 Å². The molecule has 1 aliphatic heterocycles. The van der Waals surface area contributed by atoms with Crippen LogP contribution in [0.5, 0.6) is 0 Å². The summed E-state index contributed by atoms with van der Waals surface area (Å²) in [6.07, 6.45) is 0. The number of thioether (sulfide) groups is 1. The van der Waals surface area contributed by atoms with E-state index < -0.39 is 10.0 Å². The van der Waals surface area contributed by atoms with E-state index in [0.29, 0.717) is 48.7 Å². The molecule has 8 nitrogen and oxygen atoms in total. The number of tetrazole rings is 1. The number of hydrogen-bond acceptors (Lipinski definition) is 7. The average molecular weight is 432 g/mol. The third-order valence-electron chi connectivity index (χ3n) is 4.55. The zero-order valence-electron chi connectivity index (χ0n) is 15.7. The van der Waals surface area contributed by atoms with Gasteiger partial charge in [-0.1, -0.05) is 54.2 Å². The second-order valence-corrected chi connectivity index (χ2v) is 9.44. The van der Waals surface area contributed by atoms with Crippen molar-refractivity contribution in [2.45, 2.75) is 22.3 Å². The highest BCUT2D eigenvalue weighted by atomic mass is 32.2. The van der Waals surface area contributed by atoms with E-state index >= 15 is 0 Å². The molecule has 1 fully saturated rings. The van der Waals surface area contributed by atoms with Gasteiger partial charge in [0.25, 0.3) is 0 Å². The lowest BCUT2D eigenvalue weighted by atomic mass is 10.2. The SMILES string of the molecule is O=S(=O)(c1cccc(CSc2nnnn2Cc2ccccc2)c1)N1CCOCC1. The van der Waals surface area contributed by atoms with Crippen molar-refractivity contribution >= 4 is 21.8 Å². The van der Waals surface area contributed by atoms with Crippen LogP contribution in [0.2, 0.25) is 0 Å². The molecule has 4 rings (SSSR count). The number of nitrogens with zero attached hydrogens (tertiary/aromatic N) is 5. The van der Waals surface area contributed by atoms with Gasteiger partial charge in [0.15, 0.2) is 0 Å². The summed E-state index contributed by atoms with van der Waals surface area (Å²) in [6.45, 7) is 2.21. The topological polar surface area (TPSA) is 90.2 Å². The van der Waals surface area contributed by atoms with Gasteiger partial charge in [-0.05, 0) is 33.7 Å². The third kappa shape index (κ3) is 4.84. The normalized spacial score (nSPS) is 15.4. The van der Waals surface area contributed by atoms with Crippen LogP contribution in [0.15, 0.2) is 64.6 Å². The molecular weight excluding hydrogens is 410 g/mol. The Morgan fingerprint density at radius 3 is 2.55 bits per heavy atom. The minimum atomic E-state index is -3.51. The van der Waals surface area contributed by atoms with Crippen molar-refractivity contribution in [1.29, 1.82) is 0 Å². The van der Waals surface area contributed by atoms with Gasteiger partial charge in [0.2, 0.25) is 15.2 Å². The molecule has 0 atom stereocenters. The van der Waals surface area contributed by atoms with Crippen LogP contribution in [0.4, 0.5) is 0 Å². The molecular formula is C19H21N5O3S2. The molecule has 0 bridgehead atoms. The Bertz CT molecular complexity index is 1050. The molecule has 2 aromatic carbocycles. The van der Waals surface area contributed by atoms with Crippen molar-refractivity contribution < 1.29 is 13.2 Å². The minimum Gasteiger partial charge on any atom is -0.379 e. The summed E-state index contributed by atoms with van der Waals surface area (Å²) in [4.78, 5) is 0.307. The van der Waals surface area contributed by atoms with Crippen molar-refractivity contribution in [2.75, 3.05) is 26.3 Å². The summed E-state index contributed by atoms with van der Waals surface area (Å²) in [5.41, 5.74) is 2.01. The fourth-order valence-corrected chi connectivity index (χ4v) is 5.33. The molecule has 10 heteroatoms. The lowest BCUT2D eigenvalue weighted by molar-refractivity contribution is 0.0730. The zero-order chi connectivity index (χ0) is 20.1. The van der Waals surface area contributed by atoms with Gasteiger partial charge in [0.1, 0.15) is 0 Å². The fourth-order valence-electron chi connectivity index (χ4n) is 3.04. The van der Waals surface area contributed by atoms with Gasteiger partial charge in [0.05, 0.1) is 24.7 Å². The molecule has 1 aliphatic rings. The van der Waals surface area contributed by atoms with Crippen LogP contribution >= 0.6 is 11.8 Å². The van der Waals surface area contributed by atoms with Gasteiger partial charge in [-0.3, -0.25) is 0 Å². The molecule has 0 N–H and O–H groups in total. The van der Waals surface area contributed by atoms with Gasteiger partial charge >= 0.3 is 0 Å². The molecule has 3 aromatic rings. The first-order chi connectivity index (χ1) is 14.1.